The summed E-state index contributed by atoms with van der Waals surface area (Å²) < 4.78 is 5.44. The molecule has 1 unspecified atom stereocenters. The molecule has 0 aromatic heterocycles. The predicted molar refractivity (Wildman–Crippen MR) is 43.6 cm³/mol. The summed E-state index contributed by atoms with van der Waals surface area (Å²) in [6, 6.07) is 0. The Morgan fingerprint density at radius 1 is 1.58 bits per heavy atom. The van der Waals surface area contributed by atoms with Crippen LogP contribution >= 0.6 is 0 Å². The highest BCUT2D eigenvalue weighted by molar-refractivity contribution is 5.79. The summed E-state index contributed by atoms with van der Waals surface area (Å²) in [4.78, 5) is 13.2. The van der Waals surface area contributed by atoms with Crippen molar-refractivity contribution in [3.05, 3.63) is 0 Å². The molecule has 1 amide bonds. The standard InChI is InChI=1S/C8H14N2O2/c11-7-6-9-3-4-10(7)8-2-1-5-12-8/h8-9H,1-6H2. The van der Waals surface area contributed by atoms with Gasteiger partial charge in [0, 0.05) is 19.7 Å². The van der Waals surface area contributed by atoms with Crippen molar-refractivity contribution in [3.8, 4) is 0 Å². The molecule has 0 aliphatic carbocycles. The second-order valence-corrected chi connectivity index (χ2v) is 3.23. The third-order valence-corrected chi connectivity index (χ3v) is 2.38. The average molecular weight is 170 g/mol. The molecule has 68 valence electrons. The molecule has 0 radical (unpaired) electrons. The minimum Gasteiger partial charge on any atom is -0.358 e. The van der Waals surface area contributed by atoms with Crippen LogP contribution in [0.2, 0.25) is 0 Å². The van der Waals surface area contributed by atoms with Gasteiger partial charge in [0.1, 0.15) is 6.23 Å². The quantitative estimate of drug-likeness (QED) is 0.580. The number of rotatable bonds is 1. The number of amides is 1. The fourth-order valence-corrected chi connectivity index (χ4v) is 1.73. The molecule has 0 aromatic carbocycles. The van der Waals surface area contributed by atoms with E-state index in [9.17, 15) is 4.79 Å². The number of piperazine rings is 1. The number of hydrogen-bond donors (Lipinski definition) is 1. The van der Waals surface area contributed by atoms with Crippen molar-refractivity contribution in [2.75, 3.05) is 26.2 Å². The van der Waals surface area contributed by atoms with E-state index in [-0.39, 0.29) is 12.1 Å². The lowest BCUT2D eigenvalue weighted by molar-refractivity contribution is -0.143. The summed E-state index contributed by atoms with van der Waals surface area (Å²) in [5.74, 6) is 0.174. The molecule has 0 bridgehead atoms. The molecule has 2 heterocycles. The van der Waals surface area contributed by atoms with Crippen LogP contribution in [0.25, 0.3) is 0 Å². The highest BCUT2D eigenvalue weighted by atomic mass is 16.5. The second kappa shape index (κ2) is 3.41. The SMILES string of the molecule is O=C1CNCCN1C1CCCO1. The Hall–Kier alpha value is -0.610. The van der Waals surface area contributed by atoms with Crippen molar-refractivity contribution in [3.63, 3.8) is 0 Å². The van der Waals surface area contributed by atoms with E-state index in [0.717, 1.165) is 32.5 Å². The van der Waals surface area contributed by atoms with Gasteiger partial charge in [0.2, 0.25) is 5.91 Å². The minimum absolute atomic E-state index is 0.0691. The first-order valence-electron chi connectivity index (χ1n) is 4.50. The Labute approximate surface area is 71.9 Å². The van der Waals surface area contributed by atoms with Crippen molar-refractivity contribution < 1.29 is 9.53 Å². The second-order valence-electron chi connectivity index (χ2n) is 3.23. The van der Waals surface area contributed by atoms with Gasteiger partial charge in [0.15, 0.2) is 0 Å². The molecule has 2 rings (SSSR count). The Morgan fingerprint density at radius 2 is 2.50 bits per heavy atom. The fourth-order valence-electron chi connectivity index (χ4n) is 1.73. The first kappa shape index (κ1) is 8.01. The van der Waals surface area contributed by atoms with Crippen LogP contribution in [0.1, 0.15) is 12.8 Å². The third-order valence-electron chi connectivity index (χ3n) is 2.38. The summed E-state index contributed by atoms with van der Waals surface area (Å²) in [6.07, 6.45) is 2.16. The molecule has 0 spiro atoms. The molecule has 2 aliphatic rings. The smallest absolute Gasteiger partial charge is 0.238 e. The summed E-state index contributed by atoms with van der Waals surface area (Å²) in [6.45, 7) is 2.97. The maximum atomic E-state index is 11.4. The fraction of sp³-hybridized carbons (Fsp3) is 0.875. The molecule has 2 saturated heterocycles. The lowest BCUT2D eigenvalue weighted by atomic mass is 10.2. The van der Waals surface area contributed by atoms with Gasteiger partial charge in [-0.25, -0.2) is 0 Å². The van der Waals surface area contributed by atoms with Gasteiger partial charge in [0.05, 0.1) is 6.54 Å². The zero-order valence-electron chi connectivity index (χ0n) is 7.08. The van der Waals surface area contributed by atoms with E-state index in [1.165, 1.54) is 0 Å². The normalized spacial score (nSPS) is 31.2. The molecule has 2 fully saturated rings. The van der Waals surface area contributed by atoms with Gasteiger partial charge in [-0.3, -0.25) is 4.79 Å². The largest absolute Gasteiger partial charge is 0.358 e. The van der Waals surface area contributed by atoms with Crippen molar-refractivity contribution >= 4 is 5.91 Å². The van der Waals surface area contributed by atoms with E-state index in [1.807, 2.05) is 4.90 Å². The summed E-state index contributed by atoms with van der Waals surface area (Å²) in [7, 11) is 0. The first-order valence-corrected chi connectivity index (χ1v) is 4.50. The predicted octanol–water partition coefficient (Wildman–Crippen LogP) is -0.445. The van der Waals surface area contributed by atoms with Crippen LogP contribution in [-0.4, -0.2) is 43.3 Å². The van der Waals surface area contributed by atoms with E-state index < -0.39 is 0 Å². The number of nitrogens with zero attached hydrogens (tertiary/aromatic N) is 1. The maximum absolute atomic E-state index is 11.4. The molecule has 0 aromatic rings. The first-order chi connectivity index (χ1) is 5.88. The average Bonchev–Trinajstić information content (AvgIpc) is 2.57. The van der Waals surface area contributed by atoms with Crippen LogP contribution in [0.15, 0.2) is 0 Å². The van der Waals surface area contributed by atoms with Crippen LogP contribution in [0.4, 0.5) is 0 Å². The Kier molecular flexibility index (Phi) is 2.28. The molecule has 1 N–H and O–H groups in total. The van der Waals surface area contributed by atoms with Gasteiger partial charge >= 0.3 is 0 Å². The number of ether oxygens (including phenoxy) is 1. The molecule has 1 atom stereocenters. The molecular formula is C8H14N2O2. The van der Waals surface area contributed by atoms with Crippen LogP contribution in [0.3, 0.4) is 0 Å². The van der Waals surface area contributed by atoms with Crippen LogP contribution < -0.4 is 5.32 Å². The number of carbonyl (C=O) groups is 1. The van der Waals surface area contributed by atoms with Gasteiger partial charge in [-0.1, -0.05) is 0 Å². The van der Waals surface area contributed by atoms with Gasteiger partial charge in [-0.15, -0.1) is 0 Å². The van der Waals surface area contributed by atoms with E-state index in [0.29, 0.717) is 6.54 Å². The van der Waals surface area contributed by atoms with Crippen molar-refractivity contribution in [2.24, 2.45) is 0 Å². The highest BCUT2D eigenvalue weighted by Gasteiger charge is 2.28. The van der Waals surface area contributed by atoms with Gasteiger partial charge in [-0.2, -0.15) is 0 Å². The summed E-state index contributed by atoms with van der Waals surface area (Å²) in [5.41, 5.74) is 0. The van der Waals surface area contributed by atoms with E-state index in [2.05, 4.69) is 5.32 Å². The van der Waals surface area contributed by atoms with E-state index in [4.69, 9.17) is 4.74 Å². The highest BCUT2D eigenvalue weighted by Crippen LogP contribution is 2.16. The summed E-state index contributed by atoms with van der Waals surface area (Å²) >= 11 is 0. The minimum atomic E-state index is 0.0691. The zero-order valence-corrected chi connectivity index (χ0v) is 7.08. The van der Waals surface area contributed by atoms with Gasteiger partial charge in [-0.05, 0) is 12.8 Å². The van der Waals surface area contributed by atoms with Crippen LogP contribution in [0.5, 0.6) is 0 Å². The van der Waals surface area contributed by atoms with Crippen LogP contribution in [0, 0.1) is 0 Å². The summed E-state index contributed by atoms with van der Waals surface area (Å²) in [5, 5.41) is 3.04. The molecule has 0 saturated carbocycles. The lowest BCUT2D eigenvalue weighted by Crippen LogP contribution is -2.52. The van der Waals surface area contributed by atoms with E-state index in [1.54, 1.807) is 0 Å². The Balaban J connectivity index is 1.95. The monoisotopic (exact) mass is 170 g/mol. The number of carbonyl (C=O) groups excluding carboxylic acids is 1. The third kappa shape index (κ3) is 1.44. The number of hydrogen-bond acceptors (Lipinski definition) is 3. The molecule has 4 nitrogen and oxygen atoms in total. The Morgan fingerprint density at radius 3 is 3.17 bits per heavy atom. The molecule has 2 aliphatic heterocycles. The van der Waals surface area contributed by atoms with Crippen molar-refractivity contribution in [1.82, 2.24) is 10.2 Å². The lowest BCUT2D eigenvalue weighted by Gasteiger charge is -2.31. The Bertz CT molecular complexity index is 178. The van der Waals surface area contributed by atoms with Crippen LogP contribution in [-0.2, 0) is 9.53 Å². The topological polar surface area (TPSA) is 41.6 Å². The maximum Gasteiger partial charge on any atom is 0.238 e. The van der Waals surface area contributed by atoms with E-state index >= 15 is 0 Å². The van der Waals surface area contributed by atoms with Crippen molar-refractivity contribution in [1.29, 1.82) is 0 Å². The molecule has 12 heavy (non-hydrogen) atoms. The van der Waals surface area contributed by atoms with Crippen molar-refractivity contribution in [2.45, 2.75) is 19.1 Å². The van der Waals surface area contributed by atoms with Gasteiger partial charge in [0.25, 0.3) is 0 Å². The number of nitrogens with one attached hydrogen (secondary N) is 1. The zero-order chi connectivity index (χ0) is 8.39. The molecule has 4 heteroatoms. The van der Waals surface area contributed by atoms with Gasteiger partial charge < -0.3 is 15.0 Å². The molecular weight excluding hydrogens is 156 g/mol.